The molecule has 5 nitrogen and oxygen atoms in total. The molecular weight excluding hydrogens is 268 g/mol. The summed E-state index contributed by atoms with van der Waals surface area (Å²) in [6.45, 7) is -0.313. The Balaban J connectivity index is 3.04. The molecule has 0 aliphatic heterocycles. The normalized spacial score (nSPS) is 11.3. The van der Waals surface area contributed by atoms with E-state index in [0.717, 1.165) is 13.2 Å². The summed E-state index contributed by atoms with van der Waals surface area (Å²) < 4.78 is 51.9. The number of esters is 1. The van der Waals surface area contributed by atoms with Crippen molar-refractivity contribution in [3.8, 4) is 0 Å². The van der Waals surface area contributed by atoms with Gasteiger partial charge in [-0.05, 0) is 12.1 Å². The molecule has 0 fully saturated rings. The molecule has 0 atom stereocenters. The molecule has 0 bridgehead atoms. The van der Waals surface area contributed by atoms with Gasteiger partial charge >= 0.3 is 11.7 Å². The number of carbonyl (C=O) groups excluding carboxylic acids is 1. The fourth-order valence-electron chi connectivity index (χ4n) is 1.20. The van der Waals surface area contributed by atoms with Gasteiger partial charge < -0.3 is 10.1 Å². The van der Waals surface area contributed by atoms with E-state index >= 15 is 0 Å². The second kappa shape index (κ2) is 5.76. The predicted molar refractivity (Wildman–Crippen MR) is 60.1 cm³/mol. The summed E-state index contributed by atoms with van der Waals surface area (Å²) >= 11 is 0. The van der Waals surface area contributed by atoms with Crippen molar-refractivity contribution in [3.05, 3.63) is 24.3 Å². The predicted octanol–water partition coefficient (Wildman–Crippen LogP) is 1.27. The summed E-state index contributed by atoms with van der Waals surface area (Å²) in [5, 5.41) is 2.44. The van der Waals surface area contributed by atoms with Gasteiger partial charge in [0.1, 0.15) is 6.54 Å². The summed E-state index contributed by atoms with van der Waals surface area (Å²) in [5.74, 6) is -4.15. The lowest BCUT2D eigenvalue weighted by Gasteiger charge is -2.11. The average Bonchev–Trinajstić information content (AvgIpc) is 2.35. The van der Waals surface area contributed by atoms with Crippen LogP contribution < -0.4 is 5.32 Å². The first-order valence-electron chi connectivity index (χ1n) is 4.81. The lowest BCUT2D eigenvalue weighted by atomic mass is 10.3. The zero-order chi connectivity index (χ0) is 13.8. The van der Waals surface area contributed by atoms with Crippen molar-refractivity contribution in [2.75, 3.05) is 19.0 Å². The number of anilines is 1. The number of rotatable bonds is 5. The van der Waals surface area contributed by atoms with E-state index in [2.05, 4.69) is 10.1 Å². The van der Waals surface area contributed by atoms with Gasteiger partial charge in [0, 0.05) is 0 Å². The molecule has 0 aliphatic rings. The SMILES string of the molecule is COC(=O)CNc1ccccc1S(=O)(=O)C(F)F. The molecule has 0 aromatic heterocycles. The van der Waals surface area contributed by atoms with Crippen LogP contribution in [-0.4, -0.2) is 33.8 Å². The minimum Gasteiger partial charge on any atom is -0.468 e. The lowest BCUT2D eigenvalue weighted by molar-refractivity contribution is -0.138. The van der Waals surface area contributed by atoms with Crippen LogP contribution in [0.25, 0.3) is 0 Å². The number of carbonyl (C=O) groups is 1. The summed E-state index contributed by atoms with van der Waals surface area (Å²) in [6, 6.07) is 5.11. The molecule has 0 amide bonds. The molecule has 0 aliphatic carbocycles. The molecule has 0 saturated carbocycles. The van der Waals surface area contributed by atoms with Gasteiger partial charge in [-0.25, -0.2) is 8.42 Å². The van der Waals surface area contributed by atoms with Gasteiger partial charge in [0.15, 0.2) is 0 Å². The first-order valence-corrected chi connectivity index (χ1v) is 6.36. The number of benzene rings is 1. The third-order valence-corrected chi connectivity index (χ3v) is 3.52. The number of sulfone groups is 1. The molecule has 0 saturated heterocycles. The van der Waals surface area contributed by atoms with E-state index in [9.17, 15) is 22.0 Å². The smallest absolute Gasteiger partial charge is 0.341 e. The molecule has 1 aromatic carbocycles. The maximum atomic E-state index is 12.4. The van der Waals surface area contributed by atoms with Gasteiger partial charge in [-0.3, -0.25) is 4.79 Å². The van der Waals surface area contributed by atoms with Crippen LogP contribution in [0.4, 0.5) is 14.5 Å². The van der Waals surface area contributed by atoms with Crippen LogP contribution in [0.5, 0.6) is 0 Å². The molecule has 0 heterocycles. The molecule has 1 N–H and O–H groups in total. The number of methoxy groups -OCH3 is 1. The van der Waals surface area contributed by atoms with Gasteiger partial charge in [-0.2, -0.15) is 8.78 Å². The first kappa shape index (κ1) is 14.4. The Morgan fingerprint density at radius 1 is 1.39 bits per heavy atom. The number of ether oxygens (including phenoxy) is 1. The Morgan fingerprint density at radius 2 is 2.00 bits per heavy atom. The molecule has 0 spiro atoms. The molecule has 0 radical (unpaired) electrons. The second-order valence-electron chi connectivity index (χ2n) is 3.23. The average molecular weight is 279 g/mol. The van der Waals surface area contributed by atoms with Crippen LogP contribution in [-0.2, 0) is 19.4 Å². The van der Waals surface area contributed by atoms with Crippen LogP contribution in [0.15, 0.2) is 29.2 Å². The maximum absolute atomic E-state index is 12.4. The molecule has 100 valence electrons. The van der Waals surface area contributed by atoms with E-state index in [1.54, 1.807) is 0 Å². The second-order valence-corrected chi connectivity index (χ2v) is 5.12. The standard InChI is InChI=1S/C10H11F2NO4S/c1-17-9(14)6-13-7-4-2-3-5-8(7)18(15,16)10(11)12/h2-5,10,13H,6H2,1H3. The topological polar surface area (TPSA) is 72.5 Å². The fraction of sp³-hybridized carbons (Fsp3) is 0.300. The maximum Gasteiger partial charge on any atom is 0.341 e. The van der Waals surface area contributed by atoms with Gasteiger partial charge in [0.25, 0.3) is 0 Å². The van der Waals surface area contributed by atoms with Crippen molar-refractivity contribution < 1.29 is 26.7 Å². The number of para-hydroxylation sites is 1. The highest BCUT2D eigenvalue weighted by atomic mass is 32.2. The molecule has 8 heteroatoms. The number of hydrogen-bond acceptors (Lipinski definition) is 5. The Morgan fingerprint density at radius 3 is 2.56 bits per heavy atom. The Labute approximate surface area is 103 Å². The van der Waals surface area contributed by atoms with Gasteiger partial charge in [0.05, 0.1) is 17.7 Å². The Bertz CT molecular complexity index is 530. The molecule has 1 aromatic rings. The van der Waals surface area contributed by atoms with Crippen molar-refractivity contribution in [2.24, 2.45) is 0 Å². The fourth-order valence-corrected chi connectivity index (χ4v) is 2.10. The number of alkyl halides is 2. The van der Waals surface area contributed by atoms with E-state index in [4.69, 9.17) is 0 Å². The van der Waals surface area contributed by atoms with Crippen molar-refractivity contribution in [1.29, 1.82) is 0 Å². The van der Waals surface area contributed by atoms with E-state index in [1.165, 1.54) is 18.2 Å². The van der Waals surface area contributed by atoms with E-state index in [1.807, 2.05) is 0 Å². The zero-order valence-corrected chi connectivity index (χ0v) is 10.2. The monoisotopic (exact) mass is 279 g/mol. The van der Waals surface area contributed by atoms with Crippen LogP contribution in [0.1, 0.15) is 0 Å². The van der Waals surface area contributed by atoms with Crippen LogP contribution >= 0.6 is 0 Å². The number of halogens is 2. The zero-order valence-electron chi connectivity index (χ0n) is 9.39. The van der Waals surface area contributed by atoms with Gasteiger partial charge in [-0.1, -0.05) is 12.1 Å². The molecule has 0 unspecified atom stereocenters. The largest absolute Gasteiger partial charge is 0.468 e. The highest BCUT2D eigenvalue weighted by Gasteiger charge is 2.28. The minimum atomic E-state index is -4.71. The van der Waals surface area contributed by atoms with E-state index in [-0.39, 0.29) is 12.2 Å². The van der Waals surface area contributed by atoms with Crippen molar-refractivity contribution in [2.45, 2.75) is 10.7 Å². The molecule has 18 heavy (non-hydrogen) atoms. The van der Waals surface area contributed by atoms with Crippen LogP contribution in [0.2, 0.25) is 0 Å². The minimum absolute atomic E-state index is 0.0665. The molecular formula is C10H11F2NO4S. The Kier molecular flexibility index (Phi) is 4.60. The summed E-state index contributed by atoms with van der Waals surface area (Å²) in [4.78, 5) is 10.3. The summed E-state index contributed by atoms with van der Waals surface area (Å²) in [7, 11) is -3.55. The van der Waals surface area contributed by atoms with Crippen LogP contribution in [0, 0.1) is 0 Å². The van der Waals surface area contributed by atoms with Crippen molar-refractivity contribution in [3.63, 3.8) is 0 Å². The lowest BCUT2D eigenvalue weighted by Crippen LogP contribution is -2.18. The van der Waals surface area contributed by atoms with Crippen molar-refractivity contribution in [1.82, 2.24) is 0 Å². The van der Waals surface area contributed by atoms with E-state index < -0.39 is 26.5 Å². The van der Waals surface area contributed by atoms with E-state index in [0.29, 0.717) is 0 Å². The first-order chi connectivity index (χ1) is 8.39. The summed E-state index contributed by atoms with van der Waals surface area (Å²) in [5.41, 5.74) is -0.0665. The Hall–Kier alpha value is -1.70. The van der Waals surface area contributed by atoms with Gasteiger partial charge in [-0.15, -0.1) is 0 Å². The number of nitrogens with one attached hydrogen (secondary N) is 1. The van der Waals surface area contributed by atoms with Gasteiger partial charge in [0.2, 0.25) is 9.84 Å². The summed E-state index contributed by atoms with van der Waals surface area (Å²) in [6.07, 6.45) is 0. The number of hydrogen-bond donors (Lipinski definition) is 1. The highest BCUT2D eigenvalue weighted by molar-refractivity contribution is 7.91. The van der Waals surface area contributed by atoms with Crippen LogP contribution in [0.3, 0.4) is 0 Å². The quantitative estimate of drug-likeness (QED) is 0.822. The third kappa shape index (κ3) is 3.16. The molecule has 1 rings (SSSR count). The highest BCUT2D eigenvalue weighted by Crippen LogP contribution is 2.25. The third-order valence-electron chi connectivity index (χ3n) is 2.08. The van der Waals surface area contributed by atoms with Crippen molar-refractivity contribution >= 4 is 21.5 Å².